The van der Waals surface area contributed by atoms with E-state index in [9.17, 15) is 0 Å². The zero-order chi connectivity index (χ0) is 11.1. The zero-order valence-electron chi connectivity index (χ0n) is 9.86. The SMILES string of the molecule is CC[C@@H](C)n1nccc1CNCCOC. The fraction of sp³-hybridized carbons (Fsp3) is 0.727. The van der Waals surface area contributed by atoms with Crippen molar-refractivity contribution in [1.82, 2.24) is 15.1 Å². The van der Waals surface area contributed by atoms with Crippen LogP contribution >= 0.6 is 0 Å². The average Bonchev–Trinajstić information content (AvgIpc) is 2.71. The second kappa shape index (κ2) is 6.58. The molecule has 1 heterocycles. The van der Waals surface area contributed by atoms with Gasteiger partial charge in [-0.2, -0.15) is 5.10 Å². The van der Waals surface area contributed by atoms with E-state index in [1.807, 2.05) is 6.20 Å². The standard InChI is InChI=1S/C11H21N3O/c1-4-10(2)14-11(5-6-13-14)9-12-7-8-15-3/h5-6,10,12H,4,7-9H2,1-3H3/t10-/m1/s1. The van der Waals surface area contributed by atoms with Crippen molar-refractivity contribution >= 4 is 0 Å². The molecular weight excluding hydrogens is 190 g/mol. The lowest BCUT2D eigenvalue weighted by Crippen LogP contribution is -2.21. The molecular formula is C11H21N3O. The van der Waals surface area contributed by atoms with Crippen molar-refractivity contribution in [2.24, 2.45) is 0 Å². The van der Waals surface area contributed by atoms with Crippen LogP contribution in [0.5, 0.6) is 0 Å². The maximum Gasteiger partial charge on any atom is 0.0587 e. The molecule has 4 nitrogen and oxygen atoms in total. The number of nitrogens with zero attached hydrogens (tertiary/aromatic N) is 2. The fourth-order valence-electron chi connectivity index (χ4n) is 1.44. The van der Waals surface area contributed by atoms with Crippen molar-refractivity contribution < 1.29 is 4.74 Å². The van der Waals surface area contributed by atoms with Crippen LogP contribution in [0.2, 0.25) is 0 Å². The van der Waals surface area contributed by atoms with Crippen LogP contribution in [0.3, 0.4) is 0 Å². The first-order valence-electron chi connectivity index (χ1n) is 5.51. The Labute approximate surface area is 91.6 Å². The second-order valence-electron chi connectivity index (χ2n) is 3.69. The first-order valence-corrected chi connectivity index (χ1v) is 5.51. The van der Waals surface area contributed by atoms with Crippen molar-refractivity contribution in [2.45, 2.75) is 32.9 Å². The normalized spacial score (nSPS) is 13.0. The Morgan fingerprint density at radius 2 is 2.40 bits per heavy atom. The highest BCUT2D eigenvalue weighted by Gasteiger charge is 2.07. The summed E-state index contributed by atoms with van der Waals surface area (Å²) in [4.78, 5) is 0. The molecule has 0 fully saturated rings. The maximum absolute atomic E-state index is 4.98. The highest BCUT2D eigenvalue weighted by Crippen LogP contribution is 2.11. The third kappa shape index (κ3) is 3.64. The van der Waals surface area contributed by atoms with Gasteiger partial charge in [-0.3, -0.25) is 4.68 Å². The highest BCUT2D eigenvalue weighted by molar-refractivity contribution is 5.01. The van der Waals surface area contributed by atoms with Gasteiger partial charge in [0.15, 0.2) is 0 Å². The van der Waals surface area contributed by atoms with Crippen LogP contribution in [-0.4, -0.2) is 30.0 Å². The van der Waals surface area contributed by atoms with E-state index < -0.39 is 0 Å². The van der Waals surface area contributed by atoms with Crippen molar-refractivity contribution in [2.75, 3.05) is 20.3 Å². The minimum Gasteiger partial charge on any atom is -0.383 e. The predicted octanol–water partition coefficient (Wildman–Crippen LogP) is 1.59. The summed E-state index contributed by atoms with van der Waals surface area (Å²) in [7, 11) is 1.71. The minimum atomic E-state index is 0.472. The number of rotatable bonds is 7. The van der Waals surface area contributed by atoms with Gasteiger partial charge in [0.2, 0.25) is 0 Å². The van der Waals surface area contributed by atoms with Gasteiger partial charge in [-0.25, -0.2) is 0 Å². The van der Waals surface area contributed by atoms with Gasteiger partial charge in [0.25, 0.3) is 0 Å². The Bertz CT molecular complexity index is 273. The lowest BCUT2D eigenvalue weighted by molar-refractivity contribution is 0.198. The van der Waals surface area contributed by atoms with Crippen LogP contribution < -0.4 is 5.32 Å². The third-order valence-corrected chi connectivity index (χ3v) is 2.55. The summed E-state index contributed by atoms with van der Waals surface area (Å²) in [5.41, 5.74) is 1.24. The van der Waals surface area contributed by atoms with E-state index in [-0.39, 0.29) is 0 Å². The Hall–Kier alpha value is -0.870. The maximum atomic E-state index is 4.98. The molecule has 4 heteroatoms. The van der Waals surface area contributed by atoms with Crippen molar-refractivity contribution in [3.05, 3.63) is 18.0 Å². The molecule has 0 aromatic carbocycles. The van der Waals surface area contributed by atoms with E-state index in [1.54, 1.807) is 7.11 Å². The number of nitrogens with one attached hydrogen (secondary N) is 1. The molecule has 0 saturated carbocycles. The molecule has 1 aromatic rings. The lowest BCUT2D eigenvalue weighted by atomic mass is 10.2. The van der Waals surface area contributed by atoms with Crippen molar-refractivity contribution in [3.63, 3.8) is 0 Å². The molecule has 0 aliphatic heterocycles. The van der Waals surface area contributed by atoms with Gasteiger partial charge in [0.1, 0.15) is 0 Å². The summed E-state index contributed by atoms with van der Waals surface area (Å²) in [5.74, 6) is 0. The number of hydrogen-bond donors (Lipinski definition) is 1. The van der Waals surface area contributed by atoms with Gasteiger partial charge in [-0.1, -0.05) is 6.92 Å². The summed E-state index contributed by atoms with van der Waals surface area (Å²) in [5, 5.41) is 7.65. The molecule has 0 amide bonds. The second-order valence-corrected chi connectivity index (χ2v) is 3.69. The van der Waals surface area contributed by atoms with Crippen LogP contribution in [0, 0.1) is 0 Å². The molecule has 0 aliphatic rings. The minimum absolute atomic E-state index is 0.472. The van der Waals surface area contributed by atoms with Gasteiger partial charge in [0, 0.05) is 32.4 Å². The first-order chi connectivity index (χ1) is 7.29. The van der Waals surface area contributed by atoms with Gasteiger partial charge in [0.05, 0.1) is 12.3 Å². The Balaban J connectivity index is 2.43. The molecule has 1 rings (SSSR count). The van der Waals surface area contributed by atoms with E-state index in [0.717, 1.165) is 26.1 Å². The monoisotopic (exact) mass is 211 g/mol. The summed E-state index contributed by atoms with van der Waals surface area (Å²) in [6.07, 6.45) is 2.96. The predicted molar refractivity (Wildman–Crippen MR) is 60.8 cm³/mol. The topological polar surface area (TPSA) is 39.1 Å². The van der Waals surface area contributed by atoms with Gasteiger partial charge >= 0.3 is 0 Å². The number of hydrogen-bond acceptors (Lipinski definition) is 3. The van der Waals surface area contributed by atoms with Gasteiger partial charge in [-0.05, 0) is 19.4 Å². The quantitative estimate of drug-likeness (QED) is 0.696. The molecule has 15 heavy (non-hydrogen) atoms. The average molecular weight is 211 g/mol. The molecule has 1 N–H and O–H groups in total. The number of ether oxygens (including phenoxy) is 1. The molecule has 0 spiro atoms. The molecule has 86 valence electrons. The summed E-state index contributed by atoms with van der Waals surface area (Å²) in [6.45, 7) is 6.84. The van der Waals surface area contributed by atoms with Crippen molar-refractivity contribution in [1.29, 1.82) is 0 Å². The summed E-state index contributed by atoms with van der Waals surface area (Å²) < 4.78 is 7.06. The third-order valence-electron chi connectivity index (χ3n) is 2.55. The highest BCUT2D eigenvalue weighted by atomic mass is 16.5. The molecule has 0 unspecified atom stereocenters. The largest absolute Gasteiger partial charge is 0.383 e. The van der Waals surface area contributed by atoms with E-state index in [1.165, 1.54) is 5.69 Å². The number of aromatic nitrogens is 2. The smallest absolute Gasteiger partial charge is 0.0587 e. The number of methoxy groups -OCH3 is 1. The summed E-state index contributed by atoms with van der Waals surface area (Å²) in [6, 6.07) is 2.53. The Kier molecular flexibility index (Phi) is 5.36. The Morgan fingerprint density at radius 1 is 1.60 bits per heavy atom. The molecule has 0 bridgehead atoms. The Morgan fingerprint density at radius 3 is 3.07 bits per heavy atom. The molecule has 1 aromatic heterocycles. The van der Waals surface area contributed by atoms with Crippen LogP contribution in [0.4, 0.5) is 0 Å². The first kappa shape index (κ1) is 12.2. The van der Waals surface area contributed by atoms with E-state index >= 15 is 0 Å². The van der Waals surface area contributed by atoms with E-state index in [2.05, 4.69) is 35.0 Å². The fourth-order valence-corrected chi connectivity index (χ4v) is 1.44. The van der Waals surface area contributed by atoms with Crippen LogP contribution in [0.1, 0.15) is 32.0 Å². The molecule has 1 atom stereocenters. The van der Waals surface area contributed by atoms with Crippen LogP contribution in [0.15, 0.2) is 12.3 Å². The molecule has 0 radical (unpaired) electrons. The van der Waals surface area contributed by atoms with E-state index in [4.69, 9.17) is 4.74 Å². The van der Waals surface area contributed by atoms with Crippen LogP contribution in [-0.2, 0) is 11.3 Å². The summed E-state index contributed by atoms with van der Waals surface area (Å²) >= 11 is 0. The van der Waals surface area contributed by atoms with Gasteiger partial charge < -0.3 is 10.1 Å². The molecule has 0 aliphatic carbocycles. The molecule has 0 saturated heterocycles. The van der Waals surface area contributed by atoms with E-state index in [0.29, 0.717) is 6.04 Å². The van der Waals surface area contributed by atoms with Crippen LogP contribution in [0.25, 0.3) is 0 Å². The zero-order valence-corrected chi connectivity index (χ0v) is 9.86. The lowest BCUT2D eigenvalue weighted by Gasteiger charge is -2.14. The van der Waals surface area contributed by atoms with Gasteiger partial charge in [-0.15, -0.1) is 0 Å². The van der Waals surface area contributed by atoms with Crippen molar-refractivity contribution in [3.8, 4) is 0 Å².